The molecule has 3 rings (SSSR count). The molecule has 0 saturated heterocycles. The first-order chi connectivity index (χ1) is 19.3. The lowest BCUT2D eigenvalue weighted by Gasteiger charge is -2.28. The summed E-state index contributed by atoms with van der Waals surface area (Å²) in [6, 6.07) is 4.93. The summed E-state index contributed by atoms with van der Waals surface area (Å²) in [5, 5.41) is 12.0. The Morgan fingerprint density at radius 2 is 1.88 bits per heavy atom. The van der Waals surface area contributed by atoms with Gasteiger partial charge in [-0.25, -0.2) is 9.67 Å². The second-order valence-electron chi connectivity index (χ2n) is 8.80. The van der Waals surface area contributed by atoms with Crippen LogP contribution in [0.3, 0.4) is 0 Å². The number of halogens is 11. The van der Waals surface area contributed by atoms with Crippen molar-refractivity contribution in [3.63, 3.8) is 0 Å². The Labute approximate surface area is 234 Å². The molecule has 0 bridgehead atoms. The van der Waals surface area contributed by atoms with Crippen LogP contribution in [0.15, 0.2) is 29.4 Å². The van der Waals surface area contributed by atoms with E-state index in [1.165, 1.54) is 6.07 Å². The van der Waals surface area contributed by atoms with Gasteiger partial charge in [-0.3, -0.25) is 4.79 Å². The monoisotopic (exact) mass is 634 g/mol. The number of allylic oxidation sites excluding steroid dienone is 1. The molecule has 1 aliphatic rings. The second-order valence-corrected chi connectivity index (χ2v) is 9.21. The predicted molar refractivity (Wildman–Crippen MR) is 126 cm³/mol. The topological polar surface area (TPSA) is 110 Å². The molecule has 1 heterocycles. The smallest absolute Gasteiger partial charge is 0.428 e. The van der Waals surface area contributed by atoms with Crippen molar-refractivity contribution in [1.29, 1.82) is 5.26 Å². The fraction of sp³-hybridized carbons (Fsp3) is 0.391. The third kappa shape index (κ3) is 6.55. The summed E-state index contributed by atoms with van der Waals surface area (Å²) in [6.45, 7) is -5.62. The zero-order chi connectivity index (χ0) is 31.8. The molecule has 1 saturated carbocycles. The molecule has 0 aliphatic heterocycles. The number of rotatable bonds is 9. The Morgan fingerprint density at radius 1 is 1.26 bits per heavy atom. The van der Waals surface area contributed by atoms with Gasteiger partial charge in [-0.15, -0.1) is 0 Å². The third-order valence-corrected chi connectivity index (χ3v) is 6.23. The van der Waals surface area contributed by atoms with Crippen LogP contribution in [-0.2, 0) is 13.0 Å². The van der Waals surface area contributed by atoms with Crippen molar-refractivity contribution in [1.82, 2.24) is 14.7 Å². The number of nitrogens with zero attached hydrogens (tertiary/aromatic N) is 5. The van der Waals surface area contributed by atoms with Crippen molar-refractivity contribution in [3.8, 4) is 11.8 Å². The summed E-state index contributed by atoms with van der Waals surface area (Å²) in [5.41, 5.74) is 0.839. The van der Waals surface area contributed by atoms with Crippen LogP contribution < -0.4 is 10.5 Å². The zero-order valence-electron chi connectivity index (χ0n) is 20.9. The minimum Gasteiger partial charge on any atom is -0.428 e. The standard InChI is InChI=1S/C23H17ClF10N6O2/c1-39-17(15(42-19(25)26)16(38-39)22(30,31)23(32,33)34)37-8-12(7-35)11-2-3-14(24)13(6-11)18(41)40(10-21(27,28)29)20(9-36)4-5-20/h2-3,6-8,19H,4-5,10,35H2,1H3. The molecule has 1 fully saturated rings. The number of amides is 1. The summed E-state index contributed by atoms with van der Waals surface area (Å²) in [6.07, 6.45) is -9.65. The van der Waals surface area contributed by atoms with Crippen molar-refractivity contribution in [3.05, 3.63) is 46.2 Å². The van der Waals surface area contributed by atoms with Gasteiger partial charge >= 0.3 is 24.9 Å². The van der Waals surface area contributed by atoms with Gasteiger partial charge in [0.25, 0.3) is 5.91 Å². The number of aryl methyl sites for hydroxylation is 1. The van der Waals surface area contributed by atoms with Crippen LogP contribution in [0, 0.1) is 11.3 Å². The van der Waals surface area contributed by atoms with Gasteiger partial charge in [0, 0.05) is 25.0 Å². The first kappa shape index (κ1) is 32.5. The van der Waals surface area contributed by atoms with Gasteiger partial charge in [0.05, 0.1) is 16.7 Å². The SMILES string of the molecule is Cn1nc(C(F)(F)C(F)(F)F)c(OC(F)F)c1N=CC(=CN)c1ccc(Cl)c(C(=O)N(CC(F)(F)F)C2(C#N)CC2)c1. The van der Waals surface area contributed by atoms with E-state index in [0.717, 1.165) is 25.4 Å². The van der Waals surface area contributed by atoms with Crippen LogP contribution in [0.4, 0.5) is 49.7 Å². The van der Waals surface area contributed by atoms with E-state index in [0.29, 0.717) is 15.8 Å². The highest BCUT2D eigenvalue weighted by Crippen LogP contribution is 2.49. The van der Waals surface area contributed by atoms with Crippen molar-refractivity contribution < 1.29 is 53.4 Å². The zero-order valence-corrected chi connectivity index (χ0v) is 21.6. The molecule has 1 aliphatic carbocycles. The van der Waals surface area contributed by atoms with Gasteiger partial charge in [-0.05, 0) is 30.5 Å². The number of hydrogen-bond acceptors (Lipinski definition) is 6. The summed E-state index contributed by atoms with van der Waals surface area (Å²) < 4.78 is 137. The Morgan fingerprint density at radius 3 is 2.36 bits per heavy atom. The number of carbonyl (C=O) groups is 1. The van der Waals surface area contributed by atoms with Crippen LogP contribution in [0.5, 0.6) is 5.75 Å². The molecule has 228 valence electrons. The molecule has 19 heteroatoms. The van der Waals surface area contributed by atoms with E-state index in [1.807, 2.05) is 0 Å². The fourth-order valence-corrected chi connectivity index (χ4v) is 3.89. The number of nitriles is 1. The largest absolute Gasteiger partial charge is 0.459 e. The van der Waals surface area contributed by atoms with Crippen LogP contribution in [0.1, 0.15) is 34.5 Å². The number of benzene rings is 1. The summed E-state index contributed by atoms with van der Waals surface area (Å²) in [7, 11) is 0.810. The summed E-state index contributed by atoms with van der Waals surface area (Å²) in [4.78, 5) is 17.1. The van der Waals surface area contributed by atoms with E-state index in [9.17, 15) is 54.0 Å². The van der Waals surface area contributed by atoms with Gasteiger partial charge in [0.2, 0.25) is 0 Å². The normalized spacial score (nSPS) is 15.7. The molecule has 1 amide bonds. The number of carbonyl (C=O) groups excluding carboxylic acids is 1. The van der Waals surface area contributed by atoms with E-state index in [4.69, 9.17) is 17.3 Å². The first-order valence-electron chi connectivity index (χ1n) is 11.3. The number of ether oxygens (including phenoxy) is 1. The lowest BCUT2D eigenvalue weighted by molar-refractivity contribution is -0.291. The van der Waals surface area contributed by atoms with Crippen LogP contribution in [-0.4, -0.2) is 57.8 Å². The van der Waals surface area contributed by atoms with Crippen molar-refractivity contribution in [2.45, 2.75) is 43.3 Å². The van der Waals surface area contributed by atoms with E-state index in [1.54, 1.807) is 6.07 Å². The number of nitrogens with two attached hydrogens (primary N) is 1. The Kier molecular flexibility index (Phi) is 8.78. The molecule has 42 heavy (non-hydrogen) atoms. The van der Waals surface area contributed by atoms with Crippen molar-refractivity contribution in [2.24, 2.45) is 17.8 Å². The first-order valence-corrected chi connectivity index (χ1v) is 11.7. The van der Waals surface area contributed by atoms with E-state index >= 15 is 0 Å². The lowest BCUT2D eigenvalue weighted by Crippen LogP contribution is -2.46. The van der Waals surface area contributed by atoms with E-state index < -0.39 is 65.7 Å². The lowest BCUT2D eigenvalue weighted by atomic mass is 10.0. The fourth-order valence-electron chi connectivity index (χ4n) is 3.69. The third-order valence-electron chi connectivity index (χ3n) is 5.90. The molecular weight excluding hydrogens is 618 g/mol. The van der Waals surface area contributed by atoms with Gasteiger partial charge < -0.3 is 15.4 Å². The molecule has 1 aromatic heterocycles. The molecule has 8 nitrogen and oxygen atoms in total. The molecule has 1 aromatic carbocycles. The van der Waals surface area contributed by atoms with E-state index in [2.05, 4.69) is 14.8 Å². The molecule has 2 aromatic rings. The predicted octanol–water partition coefficient (Wildman–Crippen LogP) is 6.09. The minimum atomic E-state index is -6.23. The maximum Gasteiger partial charge on any atom is 0.459 e. The number of aromatic nitrogens is 2. The Balaban J connectivity index is 2.05. The maximum atomic E-state index is 14.0. The molecular formula is C23H17ClF10N6O2. The molecule has 0 unspecified atom stereocenters. The van der Waals surface area contributed by atoms with Gasteiger partial charge in [-0.2, -0.15) is 54.3 Å². The number of hydrogen-bond donors (Lipinski definition) is 1. The van der Waals surface area contributed by atoms with Crippen molar-refractivity contribution in [2.75, 3.05) is 6.54 Å². The second kappa shape index (κ2) is 11.3. The Hall–Kier alpha value is -4.01. The average molecular weight is 635 g/mol. The van der Waals surface area contributed by atoms with Gasteiger partial charge in [-0.1, -0.05) is 17.7 Å². The summed E-state index contributed by atoms with van der Waals surface area (Å²) >= 11 is 6.06. The molecule has 0 radical (unpaired) electrons. The van der Waals surface area contributed by atoms with Gasteiger partial charge in [0.1, 0.15) is 12.1 Å². The highest BCUT2D eigenvalue weighted by atomic mass is 35.5. The maximum absolute atomic E-state index is 14.0. The van der Waals surface area contributed by atoms with Gasteiger partial charge in [0.15, 0.2) is 17.3 Å². The van der Waals surface area contributed by atoms with Crippen LogP contribution >= 0.6 is 11.6 Å². The van der Waals surface area contributed by atoms with Crippen molar-refractivity contribution >= 4 is 35.1 Å². The Bertz CT molecular complexity index is 1460. The van der Waals surface area contributed by atoms with E-state index in [-0.39, 0.29) is 29.0 Å². The molecule has 2 N–H and O–H groups in total. The van der Waals surface area contributed by atoms with Crippen LogP contribution in [0.25, 0.3) is 5.57 Å². The summed E-state index contributed by atoms with van der Waals surface area (Å²) in [5.74, 6) is -9.68. The quantitative estimate of drug-likeness (QED) is 0.265. The highest BCUT2D eigenvalue weighted by molar-refractivity contribution is 6.34. The average Bonchev–Trinajstić information content (AvgIpc) is 3.61. The van der Waals surface area contributed by atoms with Crippen LogP contribution in [0.2, 0.25) is 5.02 Å². The molecule has 0 atom stereocenters. The molecule has 0 spiro atoms. The minimum absolute atomic E-state index is 0.0215. The number of alkyl halides is 10. The number of aliphatic imine (C=N–C) groups is 1. The highest BCUT2D eigenvalue weighted by Gasteiger charge is 2.62.